The van der Waals surface area contributed by atoms with Crippen molar-refractivity contribution < 1.29 is 9.59 Å². The molecular weight excluding hydrogens is 326 g/mol. The summed E-state index contributed by atoms with van der Waals surface area (Å²) in [6.45, 7) is 1.35. The van der Waals surface area contributed by atoms with Gasteiger partial charge in [-0.25, -0.2) is 0 Å². The van der Waals surface area contributed by atoms with Crippen molar-refractivity contribution in [3.05, 3.63) is 29.8 Å². The van der Waals surface area contributed by atoms with Crippen LogP contribution < -0.4 is 10.2 Å². The molecule has 0 unspecified atom stereocenters. The molecule has 1 saturated heterocycles. The summed E-state index contributed by atoms with van der Waals surface area (Å²) in [7, 11) is 3.95. The van der Waals surface area contributed by atoms with E-state index in [9.17, 15) is 9.59 Å². The van der Waals surface area contributed by atoms with Crippen molar-refractivity contribution in [2.45, 2.75) is 31.7 Å². The van der Waals surface area contributed by atoms with Gasteiger partial charge >= 0.3 is 0 Å². The molecule has 1 aliphatic rings. The van der Waals surface area contributed by atoms with Crippen LogP contribution in [0.15, 0.2) is 24.3 Å². The first-order valence-electron chi connectivity index (χ1n) is 8.43. The molecule has 24 heavy (non-hydrogen) atoms. The summed E-state index contributed by atoms with van der Waals surface area (Å²) in [6, 6.07) is 7.82. The van der Waals surface area contributed by atoms with Crippen LogP contribution in [0, 0.1) is 0 Å². The number of halogens is 1. The maximum absolute atomic E-state index is 12.6. The van der Waals surface area contributed by atoms with Gasteiger partial charge in [-0.1, -0.05) is 0 Å². The predicted octanol–water partition coefficient (Wildman–Crippen LogP) is 2.49. The van der Waals surface area contributed by atoms with E-state index in [2.05, 4.69) is 5.32 Å². The molecule has 2 amide bonds. The zero-order valence-corrected chi connectivity index (χ0v) is 15.2. The van der Waals surface area contributed by atoms with Crippen molar-refractivity contribution in [2.24, 2.45) is 0 Å². The first-order valence-corrected chi connectivity index (χ1v) is 8.96. The Morgan fingerprint density at radius 3 is 2.38 bits per heavy atom. The number of rotatable bonds is 6. The summed E-state index contributed by atoms with van der Waals surface area (Å²) in [5.41, 5.74) is 1.79. The van der Waals surface area contributed by atoms with Crippen molar-refractivity contribution in [3.8, 4) is 0 Å². The lowest BCUT2D eigenvalue weighted by Crippen LogP contribution is -2.46. The third kappa shape index (κ3) is 5.13. The average Bonchev–Trinajstić information content (AvgIpc) is 2.60. The van der Waals surface area contributed by atoms with Gasteiger partial charge in [0.2, 0.25) is 5.91 Å². The van der Waals surface area contributed by atoms with Crippen LogP contribution in [0.25, 0.3) is 0 Å². The van der Waals surface area contributed by atoms with Gasteiger partial charge in [0.15, 0.2) is 0 Å². The highest BCUT2D eigenvalue weighted by Crippen LogP contribution is 2.17. The number of anilines is 1. The molecule has 132 valence electrons. The Hall–Kier alpha value is -1.75. The highest BCUT2D eigenvalue weighted by atomic mass is 35.5. The molecule has 1 heterocycles. The first-order chi connectivity index (χ1) is 11.5. The molecule has 0 bridgehead atoms. The van der Waals surface area contributed by atoms with E-state index in [0.29, 0.717) is 37.4 Å². The van der Waals surface area contributed by atoms with E-state index in [1.807, 2.05) is 48.2 Å². The molecule has 1 aromatic rings. The number of piperidine rings is 1. The largest absolute Gasteiger partial charge is 0.378 e. The topological polar surface area (TPSA) is 52.7 Å². The Balaban J connectivity index is 1.83. The second kappa shape index (κ2) is 8.92. The second-order valence-electron chi connectivity index (χ2n) is 6.37. The molecule has 0 spiro atoms. The van der Waals surface area contributed by atoms with Crippen LogP contribution in [0.4, 0.5) is 5.69 Å². The zero-order chi connectivity index (χ0) is 17.5. The van der Waals surface area contributed by atoms with Gasteiger partial charge < -0.3 is 15.1 Å². The van der Waals surface area contributed by atoms with Crippen molar-refractivity contribution in [3.63, 3.8) is 0 Å². The molecule has 1 aliphatic heterocycles. The van der Waals surface area contributed by atoms with Gasteiger partial charge in [0.25, 0.3) is 5.91 Å². The SMILES string of the molecule is CN(C)c1ccc(C(=O)N2CCC(NC(=O)CCCCl)CC2)cc1. The number of benzene rings is 1. The van der Waals surface area contributed by atoms with Gasteiger partial charge in [-0.15, -0.1) is 11.6 Å². The van der Waals surface area contributed by atoms with Gasteiger partial charge in [-0.2, -0.15) is 0 Å². The number of nitrogens with zero attached hydrogens (tertiary/aromatic N) is 2. The van der Waals surface area contributed by atoms with E-state index >= 15 is 0 Å². The van der Waals surface area contributed by atoms with Gasteiger partial charge in [-0.05, 0) is 43.5 Å². The predicted molar refractivity (Wildman–Crippen MR) is 97.8 cm³/mol. The van der Waals surface area contributed by atoms with E-state index in [1.54, 1.807) is 0 Å². The summed E-state index contributed by atoms with van der Waals surface area (Å²) >= 11 is 5.60. The Bertz CT molecular complexity index is 552. The van der Waals surface area contributed by atoms with Crippen molar-refractivity contribution in [1.29, 1.82) is 0 Å². The number of nitrogens with one attached hydrogen (secondary N) is 1. The monoisotopic (exact) mass is 351 g/mol. The van der Waals surface area contributed by atoms with Crippen molar-refractivity contribution in [1.82, 2.24) is 10.2 Å². The first kappa shape index (κ1) is 18.6. The summed E-state index contributed by atoms with van der Waals surface area (Å²) < 4.78 is 0. The summed E-state index contributed by atoms with van der Waals surface area (Å²) in [6.07, 6.45) is 2.77. The summed E-state index contributed by atoms with van der Waals surface area (Å²) in [4.78, 5) is 28.2. The molecule has 0 radical (unpaired) electrons. The number of amides is 2. The molecule has 1 fully saturated rings. The summed E-state index contributed by atoms with van der Waals surface area (Å²) in [5, 5.41) is 3.03. The Morgan fingerprint density at radius 2 is 1.83 bits per heavy atom. The van der Waals surface area contributed by atoms with Gasteiger partial charge in [0.05, 0.1) is 0 Å². The zero-order valence-electron chi connectivity index (χ0n) is 14.4. The van der Waals surface area contributed by atoms with E-state index in [1.165, 1.54) is 0 Å². The molecule has 0 saturated carbocycles. The Labute approximate surface area is 149 Å². The number of hydrogen-bond acceptors (Lipinski definition) is 3. The van der Waals surface area contributed by atoms with Crippen LogP contribution in [0.1, 0.15) is 36.0 Å². The maximum Gasteiger partial charge on any atom is 0.253 e. The van der Waals surface area contributed by atoms with E-state index in [4.69, 9.17) is 11.6 Å². The molecule has 0 aromatic heterocycles. The van der Waals surface area contributed by atoms with Gasteiger partial charge in [0, 0.05) is 56.8 Å². The fourth-order valence-electron chi connectivity index (χ4n) is 2.84. The minimum atomic E-state index is 0.0553. The van der Waals surface area contributed by atoms with Crippen LogP contribution in [0.3, 0.4) is 0 Å². The van der Waals surface area contributed by atoms with Crippen molar-refractivity contribution >= 4 is 29.1 Å². The second-order valence-corrected chi connectivity index (χ2v) is 6.75. The van der Waals surface area contributed by atoms with Crippen LogP contribution in [-0.2, 0) is 4.79 Å². The molecule has 2 rings (SSSR count). The third-order valence-corrected chi connectivity index (χ3v) is 4.58. The smallest absolute Gasteiger partial charge is 0.253 e. The fraction of sp³-hybridized carbons (Fsp3) is 0.556. The lowest BCUT2D eigenvalue weighted by atomic mass is 10.0. The number of alkyl halides is 1. The number of carbonyl (C=O) groups excluding carboxylic acids is 2. The lowest BCUT2D eigenvalue weighted by Gasteiger charge is -2.32. The fourth-order valence-corrected chi connectivity index (χ4v) is 2.97. The highest BCUT2D eigenvalue weighted by Gasteiger charge is 2.24. The van der Waals surface area contributed by atoms with Crippen molar-refractivity contribution in [2.75, 3.05) is 38.0 Å². The quantitative estimate of drug-likeness (QED) is 0.801. The molecule has 1 N–H and O–H groups in total. The van der Waals surface area contributed by atoms with Crippen LogP contribution in [0.5, 0.6) is 0 Å². The number of likely N-dealkylation sites (tertiary alicyclic amines) is 1. The van der Waals surface area contributed by atoms with E-state index in [0.717, 1.165) is 18.5 Å². The minimum Gasteiger partial charge on any atom is -0.378 e. The van der Waals surface area contributed by atoms with Gasteiger partial charge in [0.1, 0.15) is 0 Å². The van der Waals surface area contributed by atoms with Crippen LogP contribution in [-0.4, -0.2) is 55.8 Å². The van der Waals surface area contributed by atoms with Crippen LogP contribution >= 0.6 is 11.6 Å². The molecule has 5 nitrogen and oxygen atoms in total. The third-order valence-electron chi connectivity index (χ3n) is 4.32. The molecular formula is C18H26ClN3O2. The lowest BCUT2D eigenvalue weighted by molar-refractivity contribution is -0.122. The minimum absolute atomic E-state index is 0.0553. The summed E-state index contributed by atoms with van der Waals surface area (Å²) in [5.74, 6) is 0.624. The molecule has 6 heteroatoms. The van der Waals surface area contributed by atoms with Crippen LogP contribution in [0.2, 0.25) is 0 Å². The number of carbonyl (C=O) groups is 2. The highest BCUT2D eigenvalue weighted by molar-refractivity contribution is 6.17. The molecule has 1 aromatic carbocycles. The molecule has 0 atom stereocenters. The van der Waals surface area contributed by atoms with E-state index < -0.39 is 0 Å². The average molecular weight is 352 g/mol. The Morgan fingerprint density at radius 1 is 1.21 bits per heavy atom. The Kier molecular flexibility index (Phi) is 6.91. The van der Waals surface area contributed by atoms with Gasteiger partial charge in [-0.3, -0.25) is 9.59 Å². The normalized spacial score (nSPS) is 15.2. The molecule has 0 aliphatic carbocycles. The standard InChI is InChI=1S/C18H26ClN3O2/c1-21(2)16-7-5-14(6-8-16)18(24)22-12-9-15(10-13-22)20-17(23)4-3-11-19/h5-8,15H,3-4,9-13H2,1-2H3,(H,20,23). The number of hydrogen-bond donors (Lipinski definition) is 1. The van der Waals surface area contributed by atoms with E-state index in [-0.39, 0.29) is 17.9 Å². The maximum atomic E-state index is 12.6.